The van der Waals surface area contributed by atoms with E-state index in [1.807, 2.05) is 31.0 Å². The van der Waals surface area contributed by atoms with E-state index in [4.69, 9.17) is 4.74 Å². The van der Waals surface area contributed by atoms with Gasteiger partial charge in [0.1, 0.15) is 12.2 Å². The van der Waals surface area contributed by atoms with E-state index in [1.54, 1.807) is 0 Å². The summed E-state index contributed by atoms with van der Waals surface area (Å²) < 4.78 is 5.77. The molecule has 2 aliphatic rings. The van der Waals surface area contributed by atoms with Gasteiger partial charge in [0, 0.05) is 17.2 Å². The first-order chi connectivity index (χ1) is 15.4. The van der Waals surface area contributed by atoms with Gasteiger partial charge >= 0.3 is 6.09 Å². The van der Waals surface area contributed by atoms with Crippen molar-refractivity contribution in [1.29, 1.82) is 0 Å². The van der Waals surface area contributed by atoms with Crippen LogP contribution >= 0.6 is 15.9 Å². The minimum absolute atomic E-state index is 0.00615. The lowest BCUT2D eigenvalue weighted by atomic mass is 10.0. The van der Waals surface area contributed by atoms with Gasteiger partial charge in [0.2, 0.25) is 5.91 Å². The normalized spacial score (nSPS) is 21.2. The number of likely N-dealkylation sites (tertiary alicyclic amines) is 1. The molecular weight excluding hydrogens is 472 g/mol. The first kappa shape index (κ1) is 22.5. The van der Waals surface area contributed by atoms with E-state index >= 15 is 0 Å². The predicted octanol–water partition coefficient (Wildman–Crippen LogP) is 3.79. The van der Waals surface area contributed by atoms with Crippen molar-refractivity contribution < 1.29 is 14.3 Å². The molecule has 1 saturated heterocycles. The number of nitrogens with one attached hydrogen (secondary N) is 3. The number of halogens is 1. The Hall–Kier alpha value is -2.74. The summed E-state index contributed by atoms with van der Waals surface area (Å²) in [7, 11) is 1.31. The van der Waals surface area contributed by atoms with Crippen LogP contribution in [0.4, 0.5) is 4.79 Å². The third-order valence-electron chi connectivity index (χ3n) is 6.19. The molecule has 32 heavy (non-hydrogen) atoms. The van der Waals surface area contributed by atoms with Crippen LogP contribution in [0, 0.1) is 5.92 Å². The molecule has 2 aromatic rings. The van der Waals surface area contributed by atoms with Gasteiger partial charge in [0.05, 0.1) is 18.8 Å². The zero-order valence-electron chi connectivity index (χ0n) is 18.5. The molecule has 0 aromatic heterocycles. The molecule has 0 saturated carbocycles. The number of amides is 2. The monoisotopic (exact) mass is 500 g/mol. The van der Waals surface area contributed by atoms with Gasteiger partial charge in [0.25, 0.3) is 0 Å². The molecule has 0 aliphatic carbocycles. The summed E-state index contributed by atoms with van der Waals surface area (Å²) in [4.78, 5) is 27.0. The highest BCUT2D eigenvalue weighted by atomic mass is 79.9. The lowest BCUT2D eigenvalue weighted by Crippen LogP contribution is -2.57. The molecule has 2 amide bonds. The number of fused-ring (bicyclic) bond motifs is 1. The lowest BCUT2D eigenvalue weighted by molar-refractivity contribution is -0.135. The molecule has 2 aromatic carbocycles. The molecule has 0 spiro atoms. The van der Waals surface area contributed by atoms with Crippen molar-refractivity contribution in [3.63, 3.8) is 0 Å². The van der Waals surface area contributed by atoms with Crippen LogP contribution in [-0.4, -0.2) is 48.8 Å². The van der Waals surface area contributed by atoms with E-state index in [0.29, 0.717) is 6.54 Å². The summed E-state index contributed by atoms with van der Waals surface area (Å²) in [5.74, 6) is -0.111. The number of alkyl carbamates (subject to hydrolysis) is 1. The van der Waals surface area contributed by atoms with Crippen LogP contribution in [0.2, 0.25) is 0 Å². The van der Waals surface area contributed by atoms with Gasteiger partial charge < -0.3 is 25.6 Å². The van der Waals surface area contributed by atoms with Crippen molar-refractivity contribution >= 4 is 44.4 Å². The number of hydrogen-bond acceptors (Lipinski definition) is 5. The van der Waals surface area contributed by atoms with Gasteiger partial charge in [-0.05, 0) is 53.3 Å². The number of methoxy groups -OCH3 is 1. The van der Waals surface area contributed by atoms with Crippen molar-refractivity contribution in [2.24, 2.45) is 5.92 Å². The highest BCUT2D eigenvalue weighted by molar-refractivity contribution is 9.10. The maximum atomic E-state index is 13.3. The summed E-state index contributed by atoms with van der Waals surface area (Å²) in [6.07, 6.45) is 3.14. The zero-order chi connectivity index (χ0) is 22.8. The standard InChI is InChI=1S/C24H29BrN4O3/c1-14(2)21(28-24(31)32-3)23(30)29-10-4-5-20(29)22-26-13-19(27-22)17-7-6-16-12-18(25)9-8-15(16)11-17/h6-9,11-14,20-22,26-27H,4-5,10H2,1-3H3,(H,28,31)/t20-,21-,22?/m0/s1. The van der Waals surface area contributed by atoms with Crippen LogP contribution in [0.3, 0.4) is 0 Å². The molecule has 1 fully saturated rings. The summed E-state index contributed by atoms with van der Waals surface area (Å²) >= 11 is 3.52. The quantitative estimate of drug-likeness (QED) is 0.581. The van der Waals surface area contributed by atoms with Crippen LogP contribution in [0.25, 0.3) is 16.5 Å². The molecule has 2 aliphatic heterocycles. The number of rotatable bonds is 5. The largest absolute Gasteiger partial charge is 0.453 e. The fourth-order valence-corrected chi connectivity index (χ4v) is 4.85. The van der Waals surface area contributed by atoms with E-state index in [0.717, 1.165) is 28.6 Å². The summed E-state index contributed by atoms with van der Waals surface area (Å²) in [6.45, 7) is 4.52. The van der Waals surface area contributed by atoms with E-state index in [2.05, 4.69) is 62.2 Å². The van der Waals surface area contributed by atoms with Gasteiger partial charge in [-0.3, -0.25) is 4.79 Å². The van der Waals surface area contributed by atoms with Crippen LogP contribution in [-0.2, 0) is 9.53 Å². The Bertz CT molecular complexity index is 1050. The molecule has 170 valence electrons. The molecule has 0 bridgehead atoms. The van der Waals surface area contributed by atoms with Gasteiger partial charge in [-0.25, -0.2) is 4.79 Å². The van der Waals surface area contributed by atoms with E-state index in [1.165, 1.54) is 17.9 Å². The van der Waals surface area contributed by atoms with Gasteiger partial charge in [-0.1, -0.05) is 48.0 Å². The maximum Gasteiger partial charge on any atom is 0.407 e. The maximum absolute atomic E-state index is 13.3. The van der Waals surface area contributed by atoms with Crippen LogP contribution in [0.1, 0.15) is 32.3 Å². The second-order valence-corrected chi connectivity index (χ2v) is 9.57. The molecule has 8 heteroatoms. The van der Waals surface area contributed by atoms with Gasteiger partial charge in [-0.2, -0.15) is 0 Å². The molecule has 7 nitrogen and oxygen atoms in total. The van der Waals surface area contributed by atoms with Crippen LogP contribution in [0.5, 0.6) is 0 Å². The van der Waals surface area contributed by atoms with Crippen molar-refractivity contribution in [3.8, 4) is 0 Å². The Kier molecular flexibility index (Phi) is 6.60. The number of nitrogens with zero attached hydrogens (tertiary/aromatic N) is 1. The Morgan fingerprint density at radius 2 is 1.94 bits per heavy atom. The van der Waals surface area contributed by atoms with Gasteiger partial charge in [-0.15, -0.1) is 0 Å². The molecular formula is C24H29BrN4O3. The average molecular weight is 501 g/mol. The van der Waals surface area contributed by atoms with Crippen molar-refractivity contribution in [3.05, 3.63) is 52.6 Å². The average Bonchev–Trinajstić information content (AvgIpc) is 3.45. The molecule has 4 rings (SSSR count). The Morgan fingerprint density at radius 1 is 1.19 bits per heavy atom. The van der Waals surface area contributed by atoms with Crippen molar-refractivity contribution in [2.75, 3.05) is 13.7 Å². The molecule has 3 N–H and O–H groups in total. The van der Waals surface area contributed by atoms with Crippen molar-refractivity contribution in [1.82, 2.24) is 20.9 Å². The Labute approximate surface area is 196 Å². The first-order valence-corrected chi connectivity index (χ1v) is 11.7. The topological polar surface area (TPSA) is 82.7 Å². The third kappa shape index (κ3) is 4.55. The SMILES string of the molecule is COC(=O)N[C@H](C(=O)N1CCC[C@H]1C1NC=C(c2ccc3cc(Br)ccc3c2)N1)C(C)C. The second kappa shape index (κ2) is 9.40. The number of hydrogen-bond donors (Lipinski definition) is 3. The Morgan fingerprint density at radius 3 is 2.69 bits per heavy atom. The van der Waals surface area contributed by atoms with E-state index in [9.17, 15) is 9.59 Å². The first-order valence-electron chi connectivity index (χ1n) is 10.9. The Balaban J connectivity index is 1.47. The molecule has 2 heterocycles. The number of benzene rings is 2. The minimum atomic E-state index is -0.614. The predicted molar refractivity (Wildman–Crippen MR) is 129 cm³/mol. The lowest BCUT2D eigenvalue weighted by Gasteiger charge is -2.34. The van der Waals surface area contributed by atoms with E-state index in [-0.39, 0.29) is 24.0 Å². The molecule has 1 unspecified atom stereocenters. The number of carbonyl (C=O) groups excluding carboxylic acids is 2. The second-order valence-electron chi connectivity index (χ2n) is 8.65. The summed E-state index contributed by atoms with van der Waals surface area (Å²) in [5.41, 5.74) is 2.10. The minimum Gasteiger partial charge on any atom is -0.453 e. The fourth-order valence-electron chi connectivity index (χ4n) is 4.47. The van der Waals surface area contributed by atoms with Crippen LogP contribution < -0.4 is 16.0 Å². The fraction of sp³-hybridized carbons (Fsp3) is 0.417. The number of carbonyl (C=O) groups is 2. The summed E-state index contributed by atoms with van der Waals surface area (Å²) in [6, 6.07) is 12.0. The van der Waals surface area contributed by atoms with Crippen LogP contribution in [0.15, 0.2) is 47.1 Å². The highest BCUT2D eigenvalue weighted by Crippen LogP contribution is 2.28. The third-order valence-corrected chi connectivity index (χ3v) is 6.68. The van der Waals surface area contributed by atoms with Gasteiger partial charge in [0.15, 0.2) is 0 Å². The highest BCUT2D eigenvalue weighted by Gasteiger charge is 2.40. The molecule has 3 atom stereocenters. The zero-order valence-corrected chi connectivity index (χ0v) is 20.1. The van der Waals surface area contributed by atoms with E-state index < -0.39 is 12.1 Å². The number of ether oxygens (including phenoxy) is 1. The van der Waals surface area contributed by atoms with Crippen molar-refractivity contribution in [2.45, 2.75) is 44.9 Å². The summed E-state index contributed by atoms with van der Waals surface area (Å²) in [5, 5.41) is 12.0. The molecule has 0 radical (unpaired) electrons. The smallest absolute Gasteiger partial charge is 0.407 e.